The van der Waals surface area contributed by atoms with Crippen LogP contribution < -0.4 is 0 Å². The van der Waals surface area contributed by atoms with E-state index >= 15 is 0 Å². The summed E-state index contributed by atoms with van der Waals surface area (Å²) in [6.07, 6.45) is 6.01. The Bertz CT molecular complexity index is 697. The van der Waals surface area contributed by atoms with Crippen LogP contribution in [0.5, 0.6) is 0 Å². The molecule has 2 saturated heterocycles. The fourth-order valence-corrected chi connectivity index (χ4v) is 4.84. The normalized spacial score (nSPS) is 27.7. The zero-order valence-corrected chi connectivity index (χ0v) is 19.7. The summed E-state index contributed by atoms with van der Waals surface area (Å²) in [7, 11) is 0. The van der Waals surface area contributed by atoms with Crippen molar-refractivity contribution in [2.75, 3.05) is 13.2 Å². The average molecular weight is 524 g/mol. The van der Waals surface area contributed by atoms with E-state index in [1.165, 1.54) is 11.1 Å². The first-order valence-electron chi connectivity index (χ1n) is 10.5. The Balaban J connectivity index is 1.41. The van der Waals surface area contributed by atoms with Gasteiger partial charge in [-0.3, -0.25) is 0 Å². The summed E-state index contributed by atoms with van der Waals surface area (Å²) in [6, 6.07) is 17.2. The van der Waals surface area contributed by atoms with E-state index < -0.39 is 0 Å². The van der Waals surface area contributed by atoms with Gasteiger partial charge in [0.1, 0.15) is 0 Å². The van der Waals surface area contributed by atoms with Gasteiger partial charge in [-0.25, -0.2) is 0 Å². The maximum atomic E-state index is 6.49. The third-order valence-electron chi connectivity index (χ3n) is 5.86. The third kappa shape index (κ3) is 6.14. The molecule has 2 aliphatic heterocycles. The maximum Gasteiger partial charge on any atom is 0.163 e. The Kier molecular flexibility index (Phi) is 7.82. The lowest BCUT2D eigenvalue weighted by molar-refractivity contribution is -0.296. The van der Waals surface area contributed by atoms with Crippen LogP contribution in [-0.4, -0.2) is 25.8 Å². The molecule has 0 aliphatic carbocycles. The molecule has 2 heterocycles. The highest BCUT2D eigenvalue weighted by molar-refractivity contribution is 9.10. The van der Waals surface area contributed by atoms with Gasteiger partial charge in [0.15, 0.2) is 12.6 Å². The molecule has 0 bridgehead atoms. The molecular formula is C24H28Br2O3. The van der Waals surface area contributed by atoms with Crippen molar-refractivity contribution in [3.05, 3.63) is 68.6 Å². The lowest BCUT2D eigenvalue weighted by Gasteiger charge is -2.38. The summed E-state index contributed by atoms with van der Waals surface area (Å²) in [5, 5.41) is 0. The molecule has 2 aliphatic rings. The van der Waals surface area contributed by atoms with Gasteiger partial charge in [-0.05, 0) is 73.9 Å². The molecule has 4 rings (SSSR count). The first-order valence-corrected chi connectivity index (χ1v) is 12.1. The summed E-state index contributed by atoms with van der Waals surface area (Å²) in [4.78, 5) is 0. The molecule has 3 nitrogen and oxygen atoms in total. The largest absolute Gasteiger partial charge is 0.352 e. The lowest BCUT2D eigenvalue weighted by Crippen LogP contribution is -2.42. The standard InChI is InChI=1S/C24H28Br2O3/c25-21-9-5-17(6-10-21)15-19-3-1-13-27-23(19)29-24-20(4-2-14-28-24)16-18-7-11-22(26)12-8-18/h5-12,19-20,23-24H,1-4,13-16H2. The Hall–Kier alpha value is -0.720. The van der Waals surface area contributed by atoms with E-state index in [2.05, 4.69) is 80.4 Å². The van der Waals surface area contributed by atoms with Crippen molar-refractivity contribution in [1.82, 2.24) is 0 Å². The number of halogens is 2. The van der Waals surface area contributed by atoms with Gasteiger partial charge in [-0.1, -0.05) is 56.1 Å². The molecule has 29 heavy (non-hydrogen) atoms. The first-order chi connectivity index (χ1) is 14.2. The SMILES string of the molecule is Brc1ccc(CC2CCCOC2OC2OCCCC2Cc2ccc(Br)cc2)cc1. The molecule has 2 aromatic carbocycles. The van der Waals surface area contributed by atoms with Crippen molar-refractivity contribution in [2.45, 2.75) is 51.1 Å². The Morgan fingerprint density at radius 2 is 1.10 bits per heavy atom. The molecule has 4 unspecified atom stereocenters. The minimum Gasteiger partial charge on any atom is -0.352 e. The van der Waals surface area contributed by atoms with Crippen molar-refractivity contribution in [1.29, 1.82) is 0 Å². The summed E-state index contributed by atoms with van der Waals surface area (Å²) >= 11 is 7.03. The van der Waals surface area contributed by atoms with Gasteiger partial charge in [0.05, 0.1) is 0 Å². The number of ether oxygens (including phenoxy) is 3. The van der Waals surface area contributed by atoms with Crippen LogP contribution in [0.2, 0.25) is 0 Å². The van der Waals surface area contributed by atoms with E-state index in [0.717, 1.165) is 60.7 Å². The second-order valence-electron chi connectivity index (χ2n) is 8.08. The van der Waals surface area contributed by atoms with Crippen molar-refractivity contribution in [3.8, 4) is 0 Å². The fourth-order valence-electron chi connectivity index (χ4n) is 4.31. The van der Waals surface area contributed by atoms with E-state index in [1.54, 1.807) is 0 Å². The molecule has 156 valence electrons. The van der Waals surface area contributed by atoms with Crippen molar-refractivity contribution in [2.24, 2.45) is 11.8 Å². The van der Waals surface area contributed by atoms with Gasteiger partial charge in [0, 0.05) is 34.0 Å². The van der Waals surface area contributed by atoms with Crippen LogP contribution in [0.1, 0.15) is 36.8 Å². The summed E-state index contributed by atoms with van der Waals surface area (Å²) in [5.74, 6) is 0.729. The highest BCUT2D eigenvalue weighted by Gasteiger charge is 2.34. The Morgan fingerprint density at radius 1 is 0.690 bits per heavy atom. The molecule has 5 heteroatoms. The predicted molar refractivity (Wildman–Crippen MR) is 122 cm³/mol. The van der Waals surface area contributed by atoms with E-state index in [1.807, 2.05) is 0 Å². The van der Waals surface area contributed by atoms with E-state index in [-0.39, 0.29) is 12.6 Å². The van der Waals surface area contributed by atoms with Gasteiger partial charge < -0.3 is 14.2 Å². The highest BCUT2D eigenvalue weighted by Crippen LogP contribution is 2.32. The monoisotopic (exact) mass is 522 g/mol. The zero-order chi connectivity index (χ0) is 20.1. The van der Waals surface area contributed by atoms with Crippen molar-refractivity contribution < 1.29 is 14.2 Å². The molecule has 0 aromatic heterocycles. The molecule has 0 N–H and O–H groups in total. The quantitative estimate of drug-likeness (QED) is 0.431. The van der Waals surface area contributed by atoms with E-state index in [9.17, 15) is 0 Å². The Morgan fingerprint density at radius 3 is 1.52 bits per heavy atom. The summed E-state index contributed by atoms with van der Waals surface area (Å²) < 4.78 is 20.9. The van der Waals surface area contributed by atoms with Crippen molar-refractivity contribution >= 4 is 31.9 Å². The lowest BCUT2D eigenvalue weighted by atomic mass is 9.91. The molecule has 0 spiro atoms. The van der Waals surface area contributed by atoms with Crippen molar-refractivity contribution in [3.63, 3.8) is 0 Å². The number of hydrogen-bond acceptors (Lipinski definition) is 3. The molecule has 2 fully saturated rings. The van der Waals surface area contributed by atoms with Crippen LogP contribution in [0.3, 0.4) is 0 Å². The van der Waals surface area contributed by atoms with Gasteiger partial charge in [0.25, 0.3) is 0 Å². The van der Waals surface area contributed by atoms with Crippen LogP contribution >= 0.6 is 31.9 Å². The Labute approximate surface area is 190 Å². The number of hydrogen-bond donors (Lipinski definition) is 0. The predicted octanol–water partition coefficient (Wildman–Crippen LogP) is 6.52. The third-order valence-corrected chi connectivity index (χ3v) is 6.92. The van der Waals surface area contributed by atoms with Gasteiger partial charge in [-0.2, -0.15) is 0 Å². The molecule has 4 atom stereocenters. The van der Waals surface area contributed by atoms with Crippen LogP contribution in [0, 0.1) is 11.8 Å². The van der Waals surface area contributed by atoms with E-state index in [0.29, 0.717) is 11.8 Å². The van der Waals surface area contributed by atoms with Gasteiger partial charge in [-0.15, -0.1) is 0 Å². The minimum absolute atomic E-state index is 0.192. The molecule has 0 saturated carbocycles. The topological polar surface area (TPSA) is 27.7 Å². The van der Waals surface area contributed by atoms with Crippen LogP contribution in [0.25, 0.3) is 0 Å². The van der Waals surface area contributed by atoms with Crippen LogP contribution in [0.4, 0.5) is 0 Å². The summed E-state index contributed by atoms with van der Waals surface area (Å²) in [6.45, 7) is 1.54. The molecule has 0 amide bonds. The summed E-state index contributed by atoms with van der Waals surface area (Å²) in [5.41, 5.74) is 2.65. The maximum absolute atomic E-state index is 6.49. The van der Waals surface area contributed by atoms with Crippen LogP contribution in [0.15, 0.2) is 57.5 Å². The number of rotatable bonds is 6. The van der Waals surface area contributed by atoms with Gasteiger partial charge >= 0.3 is 0 Å². The van der Waals surface area contributed by atoms with Gasteiger partial charge in [0.2, 0.25) is 0 Å². The fraction of sp³-hybridized carbons (Fsp3) is 0.500. The smallest absolute Gasteiger partial charge is 0.163 e. The average Bonchev–Trinajstić information content (AvgIpc) is 2.74. The minimum atomic E-state index is -0.192. The number of benzene rings is 2. The second kappa shape index (κ2) is 10.5. The molecule has 2 aromatic rings. The first kappa shape index (κ1) is 21.5. The molecule has 0 radical (unpaired) electrons. The molecular weight excluding hydrogens is 496 g/mol. The highest BCUT2D eigenvalue weighted by atomic mass is 79.9. The van der Waals surface area contributed by atoms with E-state index in [4.69, 9.17) is 14.2 Å². The zero-order valence-electron chi connectivity index (χ0n) is 16.6. The second-order valence-corrected chi connectivity index (χ2v) is 9.91. The van der Waals surface area contributed by atoms with Crippen LogP contribution in [-0.2, 0) is 27.1 Å².